The van der Waals surface area contributed by atoms with Gasteiger partial charge in [0.15, 0.2) is 0 Å². The minimum atomic E-state index is 0.0743. The van der Waals surface area contributed by atoms with Crippen LogP contribution in [0.3, 0.4) is 0 Å². The molecular formula is C18H21N3OS. The lowest BCUT2D eigenvalue weighted by Gasteiger charge is -2.22. The highest BCUT2D eigenvalue weighted by molar-refractivity contribution is 7.20. The second-order valence-electron chi connectivity index (χ2n) is 5.68. The Labute approximate surface area is 140 Å². The summed E-state index contributed by atoms with van der Waals surface area (Å²) in [6, 6.07) is 11.9. The van der Waals surface area contributed by atoms with E-state index in [-0.39, 0.29) is 5.91 Å². The maximum atomic E-state index is 13.0. The van der Waals surface area contributed by atoms with E-state index in [0.717, 1.165) is 45.9 Å². The smallest absolute Gasteiger partial charge is 0.268 e. The quantitative estimate of drug-likeness (QED) is 0.697. The van der Waals surface area contributed by atoms with Crippen LogP contribution in [0, 0.1) is 6.92 Å². The molecule has 0 saturated heterocycles. The Bertz CT molecular complexity index is 785. The Morgan fingerprint density at radius 3 is 2.70 bits per heavy atom. The van der Waals surface area contributed by atoms with Crippen molar-refractivity contribution in [3.63, 3.8) is 0 Å². The van der Waals surface area contributed by atoms with Crippen molar-refractivity contribution in [2.75, 3.05) is 11.4 Å². The maximum Gasteiger partial charge on any atom is 0.268 e. The van der Waals surface area contributed by atoms with Crippen molar-refractivity contribution >= 4 is 33.1 Å². The summed E-state index contributed by atoms with van der Waals surface area (Å²) in [6.07, 6.45) is 2.05. The maximum absolute atomic E-state index is 13.0. The van der Waals surface area contributed by atoms with Crippen molar-refractivity contribution in [1.29, 1.82) is 0 Å². The fourth-order valence-corrected chi connectivity index (χ4v) is 3.79. The number of benzene rings is 1. The van der Waals surface area contributed by atoms with Gasteiger partial charge in [-0.1, -0.05) is 31.5 Å². The summed E-state index contributed by atoms with van der Waals surface area (Å²) in [6.45, 7) is 4.86. The number of fused-ring (bicyclic) bond motifs is 1. The average Bonchev–Trinajstić information content (AvgIpc) is 3.11. The largest absolute Gasteiger partial charge is 0.308 e. The Kier molecular flexibility index (Phi) is 4.48. The molecule has 1 amide bonds. The predicted molar refractivity (Wildman–Crippen MR) is 96.4 cm³/mol. The van der Waals surface area contributed by atoms with Gasteiger partial charge in [-0.15, -0.1) is 11.3 Å². The molecule has 0 fully saturated rings. The first-order chi connectivity index (χ1) is 11.1. The van der Waals surface area contributed by atoms with Gasteiger partial charge < -0.3 is 4.90 Å². The summed E-state index contributed by atoms with van der Waals surface area (Å²) < 4.78 is 1.85. The van der Waals surface area contributed by atoms with E-state index in [0.29, 0.717) is 0 Å². The van der Waals surface area contributed by atoms with Crippen LogP contribution in [0.25, 0.3) is 10.2 Å². The van der Waals surface area contributed by atoms with Gasteiger partial charge in [0, 0.05) is 24.7 Å². The van der Waals surface area contributed by atoms with Gasteiger partial charge in [0.25, 0.3) is 5.91 Å². The number of carbonyl (C=O) groups excluding carboxylic acids is 1. The van der Waals surface area contributed by atoms with Crippen LogP contribution in [0.15, 0.2) is 36.4 Å². The molecule has 0 saturated carbocycles. The Morgan fingerprint density at radius 2 is 2.04 bits per heavy atom. The van der Waals surface area contributed by atoms with Gasteiger partial charge in [0.05, 0.1) is 10.6 Å². The molecule has 3 aromatic rings. The van der Waals surface area contributed by atoms with E-state index in [9.17, 15) is 4.79 Å². The first-order valence-corrected chi connectivity index (χ1v) is 8.73. The molecule has 0 atom stereocenters. The molecule has 4 nitrogen and oxygen atoms in total. The third kappa shape index (κ3) is 3.01. The number of aromatic nitrogens is 2. The lowest BCUT2D eigenvalue weighted by atomic mass is 10.2. The lowest BCUT2D eigenvalue weighted by molar-refractivity contribution is 0.0990. The fraction of sp³-hybridized carbons (Fsp3) is 0.333. The van der Waals surface area contributed by atoms with Crippen LogP contribution in [0.2, 0.25) is 0 Å². The molecule has 0 aliphatic heterocycles. The minimum absolute atomic E-state index is 0.0743. The van der Waals surface area contributed by atoms with E-state index in [1.54, 1.807) is 0 Å². The minimum Gasteiger partial charge on any atom is -0.308 e. The van der Waals surface area contributed by atoms with Crippen molar-refractivity contribution in [3.05, 3.63) is 47.0 Å². The standard InChI is InChI=1S/C18H21N3OS/c1-4-5-11-21(14-9-7-6-8-10-14)17(22)16-12-15-13(2)19-20(3)18(15)23-16/h6-10,12H,4-5,11H2,1-3H3. The van der Waals surface area contributed by atoms with Gasteiger partial charge >= 0.3 is 0 Å². The summed E-state index contributed by atoms with van der Waals surface area (Å²) >= 11 is 1.52. The molecule has 0 bridgehead atoms. The number of unbranched alkanes of at least 4 members (excludes halogenated alkanes) is 1. The van der Waals surface area contributed by atoms with Crippen LogP contribution < -0.4 is 4.90 Å². The number of carbonyl (C=O) groups is 1. The number of rotatable bonds is 5. The number of anilines is 1. The Hall–Kier alpha value is -2.14. The molecule has 2 aromatic heterocycles. The highest BCUT2D eigenvalue weighted by Crippen LogP contribution is 2.29. The molecule has 120 valence electrons. The van der Waals surface area contributed by atoms with Gasteiger partial charge in [0.1, 0.15) is 4.83 Å². The van der Waals surface area contributed by atoms with Crippen LogP contribution in [0.1, 0.15) is 35.1 Å². The number of hydrogen-bond acceptors (Lipinski definition) is 3. The van der Waals surface area contributed by atoms with Gasteiger partial charge in [0.2, 0.25) is 0 Å². The zero-order valence-electron chi connectivity index (χ0n) is 13.7. The zero-order chi connectivity index (χ0) is 16.4. The molecule has 3 rings (SSSR count). The van der Waals surface area contributed by atoms with E-state index in [4.69, 9.17) is 0 Å². The number of nitrogens with zero attached hydrogens (tertiary/aromatic N) is 3. The number of thiophene rings is 1. The summed E-state index contributed by atoms with van der Waals surface area (Å²) in [7, 11) is 1.92. The monoisotopic (exact) mass is 327 g/mol. The van der Waals surface area contributed by atoms with Crippen LogP contribution >= 0.6 is 11.3 Å². The SMILES string of the molecule is CCCCN(C(=O)c1cc2c(C)nn(C)c2s1)c1ccccc1. The molecule has 23 heavy (non-hydrogen) atoms. The predicted octanol–water partition coefficient (Wildman–Crippen LogP) is 4.39. The topological polar surface area (TPSA) is 38.1 Å². The number of hydrogen-bond donors (Lipinski definition) is 0. The summed E-state index contributed by atoms with van der Waals surface area (Å²) in [5.74, 6) is 0.0743. The van der Waals surface area contributed by atoms with Crippen molar-refractivity contribution in [2.24, 2.45) is 7.05 Å². The number of aryl methyl sites for hydroxylation is 2. The zero-order valence-corrected chi connectivity index (χ0v) is 14.6. The normalized spacial score (nSPS) is 11.1. The van der Waals surface area contributed by atoms with E-state index in [2.05, 4.69) is 12.0 Å². The lowest BCUT2D eigenvalue weighted by Crippen LogP contribution is -2.31. The van der Waals surface area contributed by atoms with Gasteiger partial charge in [-0.05, 0) is 31.5 Å². The molecule has 0 spiro atoms. The molecule has 0 aliphatic rings. The third-order valence-corrected chi connectivity index (χ3v) is 5.15. The van der Waals surface area contributed by atoms with Gasteiger partial charge in [-0.2, -0.15) is 5.10 Å². The summed E-state index contributed by atoms with van der Waals surface area (Å²) in [4.78, 5) is 16.8. The molecule has 0 radical (unpaired) electrons. The first kappa shape index (κ1) is 15.7. The summed E-state index contributed by atoms with van der Waals surface area (Å²) in [5, 5.41) is 5.48. The van der Waals surface area contributed by atoms with Crippen molar-refractivity contribution in [3.8, 4) is 0 Å². The van der Waals surface area contributed by atoms with E-state index < -0.39 is 0 Å². The average molecular weight is 327 g/mol. The van der Waals surface area contributed by atoms with E-state index >= 15 is 0 Å². The van der Waals surface area contributed by atoms with Crippen LogP contribution in [0.4, 0.5) is 5.69 Å². The van der Waals surface area contributed by atoms with Gasteiger partial charge in [-0.3, -0.25) is 9.48 Å². The van der Waals surface area contributed by atoms with Crippen LogP contribution in [-0.2, 0) is 7.05 Å². The first-order valence-electron chi connectivity index (χ1n) is 7.92. The summed E-state index contributed by atoms with van der Waals surface area (Å²) in [5.41, 5.74) is 1.93. The highest BCUT2D eigenvalue weighted by Gasteiger charge is 2.21. The molecule has 0 aliphatic carbocycles. The van der Waals surface area contributed by atoms with E-state index in [1.807, 2.05) is 60.0 Å². The van der Waals surface area contributed by atoms with Gasteiger partial charge in [-0.25, -0.2) is 0 Å². The number of para-hydroxylation sites is 1. The molecule has 2 heterocycles. The van der Waals surface area contributed by atoms with E-state index in [1.165, 1.54) is 11.3 Å². The highest BCUT2D eigenvalue weighted by atomic mass is 32.1. The molecule has 0 unspecified atom stereocenters. The van der Waals surface area contributed by atoms with Crippen LogP contribution in [-0.4, -0.2) is 22.2 Å². The van der Waals surface area contributed by atoms with Crippen LogP contribution in [0.5, 0.6) is 0 Å². The second-order valence-corrected chi connectivity index (χ2v) is 6.72. The molecule has 5 heteroatoms. The Balaban J connectivity index is 1.97. The van der Waals surface area contributed by atoms with Crippen molar-refractivity contribution in [2.45, 2.75) is 26.7 Å². The number of amides is 1. The molecular weight excluding hydrogens is 306 g/mol. The molecule has 1 aromatic carbocycles. The van der Waals surface area contributed by atoms with Crippen molar-refractivity contribution in [1.82, 2.24) is 9.78 Å². The second kappa shape index (κ2) is 6.54. The fourth-order valence-electron chi connectivity index (χ4n) is 2.72. The van der Waals surface area contributed by atoms with Crippen molar-refractivity contribution < 1.29 is 4.79 Å². The third-order valence-electron chi connectivity index (χ3n) is 3.96. The Morgan fingerprint density at radius 1 is 1.30 bits per heavy atom. The molecule has 0 N–H and O–H groups in total.